The second-order valence-electron chi connectivity index (χ2n) is 3.91. The average Bonchev–Trinajstić information content (AvgIpc) is 2.37. The van der Waals surface area contributed by atoms with E-state index >= 15 is 0 Å². The van der Waals surface area contributed by atoms with Gasteiger partial charge in [0.1, 0.15) is 17.1 Å². The zero-order valence-corrected chi connectivity index (χ0v) is 11.0. The number of carbonyl (C=O) groups excluding carboxylic acids is 1. The minimum absolute atomic E-state index is 0.147. The van der Waals surface area contributed by atoms with E-state index in [9.17, 15) is 9.18 Å². The number of hydrogen-bond acceptors (Lipinski definition) is 4. The molecule has 4 nitrogen and oxygen atoms in total. The fourth-order valence-electron chi connectivity index (χ4n) is 1.76. The van der Waals surface area contributed by atoms with Gasteiger partial charge in [-0.3, -0.25) is 0 Å². The van der Waals surface area contributed by atoms with Crippen LogP contribution in [0.1, 0.15) is 19.4 Å². The third kappa shape index (κ3) is 2.46. The van der Waals surface area contributed by atoms with Crippen molar-refractivity contribution in [3.8, 4) is 5.75 Å². The molecule has 0 fully saturated rings. The largest absolute Gasteiger partial charge is 0.496 e. The summed E-state index contributed by atoms with van der Waals surface area (Å²) in [7, 11) is 3.00. The van der Waals surface area contributed by atoms with E-state index in [1.165, 1.54) is 19.2 Å². The summed E-state index contributed by atoms with van der Waals surface area (Å²) in [6.45, 7) is 3.49. The number of hydrogen-bond donors (Lipinski definition) is 1. The molecule has 0 aliphatic heterocycles. The number of carbonyl (C=O) groups is 1. The van der Waals surface area contributed by atoms with Crippen LogP contribution in [0.3, 0.4) is 0 Å². The second-order valence-corrected chi connectivity index (χ2v) is 3.91. The number of rotatable bonds is 5. The minimum Gasteiger partial charge on any atom is -0.496 e. The lowest BCUT2D eigenvalue weighted by molar-refractivity contribution is -0.150. The predicted molar refractivity (Wildman–Crippen MR) is 66.0 cm³/mol. The van der Waals surface area contributed by atoms with Crippen molar-refractivity contribution in [1.82, 2.24) is 5.32 Å². The molecule has 0 bridgehead atoms. The molecule has 18 heavy (non-hydrogen) atoms. The molecule has 0 spiro atoms. The molecule has 1 N–H and O–H groups in total. The van der Waals surface area contributed by atoms with E-state index in [4.69, 9.17) is 9.47 Å². The summed E-state index contributed by atoms with van der Waals surface area (Å²) in [6.07, 6.45) is 0. The summed E-state index contributed by atoms with van der Waals surface area (Å²) < 4.78 is 24.1. The van der Waals surface area contributed by atoms with Crippen molar-refractivity contribution in [2.45, 2.75) is 19.4 Å². The molecular weight excluding hydrogens is 237 g/mol. The Kier molecular flexibility index (Phi) is 4.67. The van der Waals surface area contributed by atoms with Crippen molar-refractivity contribution in [3.05, 3.63) is 29.6 Å². The molecule has 1 unspecified atom stereocenters. The number of halogens is 1. The van der Waals surface area contributed by atoms with Crippen LogP contribution in [-0.4, -0.2) is 26.7 Å². The molecule has 0 aliphatic rings. The van der Waals surface area contributed by atoms with Crippen LogP contribution in [0.4, 0.5) is 4.39 Å². The van der Waals surface area contributed by atoms with Gasteiger partial charge in [-0.05, 0) is 33.0 Å². The standard InChI is InChI=1S/C13H18FNO3/c1-5-18-12(16)13(2,15-3)11-9(14)7-6-8-10(11)17-4/h6-8,15H,5H2,1-4H3. The Morgan fingerprint density at radius 2 is 2.17 bits per heavy atom. The smallest absolute Gasteiger partial charge is 0.330 e. The van der Waals surface area contributed by atoms with Gasteiger partial charge in [0, 0.05) is 0 Å². The van der Waals surface area contributed by atoms with Gasteiger partial charge in [0.15, 0.2) is 0 Å². The van der Waals surface area contributed by atoms with Crippen LogP contribution in [0.5, 0.6) is 5.75 Å². The Morgan fingerprint density at radius 1 is 1.50 bits per heavy atom. The Labute approximate surface area is 106 Å². The normalized spacial score (nSPS) is 13.8. The fraction of sp³-hybridized carbons (Fsp3) is 0.462. The first kappa shape index (κ1) is 14.4. The molecule has 0 heterocycles. The monoisotopic (exact) mass is 255 g/mol. The zero-order valence-electron chi connectivity index (χ0n) is 11.0. The number of methoxy groups -OCH3 is 1. The van der Waals surface area contributed by atoms with Gasteiger partial charge >= 0.3 is 5.97 Å². The molecule has 0 saturated carbocycles. The van der Waals surface area contributed by atoms with Crippen LogP contribution >= 0.6 is 0 Å². The number of esters is 1. The van der Waals surface area contributed by atoms with E-state index in [0.29, 0.717) is 5.75 Å². The van der Waals surface area contributed by atoms with E-state index in [1.54, 1.807) is 27.0 Å². The number of ether oxygens (including phenoxy) is 2. The maximum Gasteiger partial charge on any atom is 0.330 e. The van der Waals surface area contributed by atoms with Gasteiger partial charge in [0.05, 0.1) is 19.3 Å². The van der Waals surface area contributed by atoms with Gasteiger partial charge in [-0.25, -0.2) is 9.18 Å². The molecular formula is C13H18FNO3. The van der Waals surface area contributed by atoms with Crippen molar-refractivity contribution in [2.24, 2.45) is 0 Å². The second kappa shape index (κ2) is 5.82. The molecule has 0 aliphatic carbocycles. The number of nitrogens with one attached hydrogen (secondary N) is 1. The Hall–Kier alpha value is -1.62. The summed E-state index contributed by atoms with van der Waals surface area (Å²) in [4.78, 5) is 12.0. The molecule has 5 heteroatoms. The van der Waals surface area contributed by atoms with Gasteiger partial charge in [0.25, 0.3) is 0 Å². The lowest BCUT2D eigenvalue weighted by atomic mass is 9.90. The Morgan fingerprint density at radius 3 is 2.67 bits per heavy atom. The van der Waals surface area contributed by atoms with E-state index in [1.807, 2.05) is 0 Å². The highest BCUT2D eigenvalue weighted by atomic mass is 19.1. The highest BCUT2D eigenvalue weighted by Crippen LogP contribution is 2.33. The summed E-state index contributed by atoms with van der Waals surface area (Å²) in [5.74, 6) is -0.755. The van der Waals surface area contributed by atoms with Gasteiger partial charge in [-0.1, -0.05) is 6.07 Å². The van der Waals surface area contributed by atoms with Crippen molar-refractivity contribution in [2.75, 3.05) is 20.8 Å². The Bertz CT molecular complexity index is 436. The first-order chi connectivity index (χ1) is 8.51. The molecule has 0 aromatic heterocycles. The van der Waals surface area contributed by atoms with Crippen molar-refractivity contribution in [1.29, 1.82) is 0 Å². The van der Waals surface area contributed by atoms with Crippen LogP contribution in [0.25, 0.3) is 0 Å². The van der Waals surface area contributed by atoms with Crippen LogP contribution < -0.4 is 10.1 Å². The zero-order chi connectivity index (χ0) is 13.8. The lowest BCUT2D eigenvalue weighted by Gasteiger charge is -2.28. The highest BCUT2D eigenvalue weighted by Gasteiger charge is 2.40. The quantitative estimate of drug-likeness (QED) is 0.815. The summed E-state index contributed by atoms with van der Waals surface area (Å²) in [6, 6.07) is 4.42. The van der Waals surface area contributed by atoms with Crippen molar-refractivity contribution < 1.29 is 18.7 Å². The topological polar surface area (TPSA) is 47.6 Å². The van der Waals surface area contributed by atoms with Crippen LogP contribution in [0.15, 0.2) is 18.2 Å². The van der Waals surface area contributed by atoms with Gasteiger partial charge in [-0.15, -0.1) is 0 Å². The predicted octanol–water partition coefficient (Wildman–Crippen LogP) is 1.83. The van der Waals surface area contributed by atoms with Crippen LogP contribution in [0.2, 0.25) is 0 Å². The molecule has 0 amide bonds. The first-order valence-corrected chi connectivity index (χ1v) is 5.70. The number of benzene rings is 1. The lowest BCUT2D eigenvalue weighted by Crippen LogP contribution is -2.46. The molecule has 1 aromatic rings. The molecule has 0 saturated heterocycles. The molecule has 1 atom stereocenters. The van der Waals surface area contributed by atoms with Gasteiger partial charge < -0.3 is 14.8 Å². The third-order valence-corrected chi connectivity index (χ3v) is 2.88. The number of likely N-dealkylation sites (N-methyl/N-ethyl adjacent to an activating group) is 1. The maximum atomic E-state index is 14.0. The van der Waals surface area contributed by atoms with Crippen LogP contribution in [-0.2, 0) is 15.1 Å². The third-order valence-electron chi connectivity index (χ3n) is 2.88. The van der Waals surface area contributed by atoms with E-state index in [2.05, 4.69) is 5.32 Å². The summed E-state index contributed by atoms with van der Waals surface area (Å²) in [5, 5.41) is 2.80. The Balaban J connectivity index is 3.35. The summed E-state index contributed by atoms with van der Waals surface area (Å²) in [5.41, 5.74) is -1.14. The van der Waals surface area contributed by atoms with E-state index in [-0.39, 0.29) is 12.2 Å². The SMILES string of the molecule is CCOC(=O)C(C)(NC)c1c(F)cccc1OC. The minimum atomic E-state index is -1.29. The van der Waals surface area contributed by atoms with Crippen molar-refractivity contribution in [3.63, 3.8) is 0 Å². The molecule has 100 valence electrons. The molecule has 0 radical (unpaired) electrons. The van der Waals surface area contributed by atoms with Gasteiger partial charge in [-0.2, -0.15) is 0 Å². The summed E-state index contributed by atoms with van der Waals surface area (Å²) >= 11 is 0. The average molecular weight is 255 g/mol. The fourth-order valence-corrected chi connectivity index (χ4v) is 1.76. The first-order valence-electron chi connectivity index (χ1n) is 5.70. The van der Waals surface area contributed by atoms with Gasteiger partial charge in [0.2, 0.25) is 0 Å². The van der Waals surface area contributed by atoms with Crippen LogP contribution in [0, 0.1) is 5.82 Å². The maximum absolute atomic E-state index is 14.0. The molecule has 1 aromatic carbocycles. The van der Waals surface area contributed by atoms with E-state index < -0.39 is 17.3 Å². The highest BCUT2D eigenvalue weighted by molar-refractivity contribution is 5.83. The van der Waals surface area contributed by atoms with Crippen molar-refractivity contribution >= 4 is 5.97 Å². The van der Waals surface area contributed by atoms with E-state index in [0.717, 1.165) is 0 Å². The molecule has 1 rings (SSSR count).